The topological polar surface area (TPSA) is 77.8 Å². The molecule has 4 nitrogen and oxygen atoms in total. The number of rotatable bonds is 4. The molecular weight excluding hydrogens is 352 g/mol. The van der Waals surface area contributed by atoms with Crippen molar-refractivity contribution in [2.45, 2.75) is 97.2 Å². The zero-order valence-corrected chi connectivity index (χ0v) is 17.8. The van der Waals surface area contributed by atoms with Crippen LogP contribution in [0.15, 0.2) is 11.1 Å². The van der Waals surface area contributed by atoms with Gasteiger partial charge < -0.3 is 15.3 Å². The maximum atomic E-state index is 11.4. The third-order valence-electron chi connectivity index (χ3n) is 9.65. The van der Waals surface area contributed by atoms with Crippen molar-refractivity contribution in [3.63, 3.8) is 0 Å². The lowest BCUT2D eigenvalue weighted by Crippen LogP contribution is -2.52. The summed E-state index contributed by atoms with van der Waals surface area (Å²) < 4.78 is 0. The zero-order chi connectivity index (χ0) is 20.3. The van der Waals surface area contributed by atoms with Gasteiger partial charge in [-0.2, -0.15) is 0 Å². The summed E-state index contributed by atoms with van der Waals surface area (Å²) in [5.74, 6) is 1.02. The maximum absolute atomic E-state index is 11.4. The summed E-state index contributed by atoms with van der Waals surface area (Å²) >= 11 is 0. The number of hydrogen-bond acceptors (Lipinski definition) is 3. The number of allylic oxidation sites excluding steroid dienone is 1. The van der Waals surface area contributed by atoms with E-state index in [0.717, 1.165) is 44.9 Å². The van der Waals surface area contributed by atoms with E-state index in [9.17, 15) is 15.0 Å². The summed E-state index contributed by atoms with van der Waals surface area (Å²) in [6.07, 6.45) is 8.65. The molecule has 0 amide bonds. The zero-order valence-electron chi connectivity index (χ0n) is 17.8. The van der Waals surface area contributed by atoms with E-state index in [1.165, 1.54) is 12.0 Å². The fourth-order valence-electron chi connectivity index (χ4n) is 7.92. The van der Waals surface area contributed by atoms with Gasteiger partial charge in [-0.15, -0.1) is 0 Å². The molecule has 0 aliphatic heterocycles. The number of aliphatic carboxylic acids is 1. The summed E-state index contributed by atoms with van der Waals surface area (Å²) in [5.41, 5.74) is 3.20. The van der Waals surface area contributed by atoms with Gasteiger partial charge in [0, 0.05) is 11.8 Å². The first-order chi connectivity index (χ1) is 13.2. The van der Waals surface area contributed by atoms with Crippen LogP contribution in [0, 0.1) is 34.5 Å². The molecule has 4 rings (SSSR count). The van der Waals surface area contributed by atoms with E-state index in [1.54, 1.807) is 5.57 Å². The van der Waals surface area contributed by atoms with Gasteiger partial charge in [-0.1, -0.05) is 31.9 Å². The monoisotopic (exact) mass is 390 g/mol. The average molecular weight is 391 g/mol. The molecule has 28 heavy (non-hydrogen) atoms. The Kier molecular flexibility index (Phi) is 5.19. The molecule has 0 aromatic carbocycles. The molecule has 3 fully saturated rings. The molecule has 0 bridgehead atoms. The molecule has 0 heterocycles. The number of fused-ring (bicyclic) bond motifs is 4. The number of carboxylic acid groups (broad SMARTS) is 1. The van der Waals surface area contributed by atoms with Crippen LogP contribution in [0.3, 0.4) is 0 Å². The normalized spacial score (nSPS) is 46.5. The summed E-state index contributed by atoms with van der Waals surface area (Å²) in [7, 11) is 0. The van der Waals surface area contributed by atoms with Crippen molar-refractivity contribution in [3.05, 3.63) is 11.1 Å². The van der Waals surface area contributed by atoms with Crippen LogP contribution in [-0.4, -0.2) is 33.5 Å². The van der Waals surface area contributed by atoms with E-state index >= 15 is 0 Å². The van der Waals surface area contributed by atoms with Gasteiger partial charge in [0.25, 0.3) is 0 Å². The van der Waals surface area contributed by atoms with Gasteiger partial charge in [-0.3, -0.25) is 4.79 Å². The Balaban J connectivity index is 1.64. The van der Waals surface area contributed by atoms with E-state index in [1.807, 2.05) is 0 Å². The molecule has 4 aliphatic rings. The third-order valence-corrected chi connectivity index (χ3v) is 9.65. The van der Waals surface area contributed by atoms with Crippen molar-refractivity contribution in [1.29, 1.82) is 0 Å². The standard InChI is InChI=1S/C24H38O4/c1-14(4-9-22(27)28)18-7-8-19-17-6-5-15-12-16(25)10-11-23(15,2)20(17)13-21(26)24(18,19)3/h14-16,18,20-21,25-26H,4-13H2,1-3H3,(H,27,28)/t14-,15+,16+,18+,20-,21-,23-,24+/m0/s1. The first-order valence-corrected chi connectivity index (χ1v) is 11.5. The average Bonchev–Trinajstić information content (AvgIpc) is 3.00. The smallest absolute Gasteiger partial charge is 0.303 e. The van der Waals surface area contributed by atoms with E-state index in [4.69, 9.17) is 5.11 Å². The minimum Gasteiger partial charge on any atom is -0.481 e. The number of carboxylic acids is 1. The Morgan fingerprint density at radius 2 is 1.89 bits per heavy atom. The fraction of sp³-hybridized carbons (Fsp3) is 0.875. The highest BCUT2D eigenvalue weighted by Crippen LogP contribution is 2.65. The highest BCUT2D eigenvalue weighted by Gasteiger charge is 2.58. The van der Waals surface area contributed by atoms with E-state index < -0.39 is 5.97 Å². The second kappa shape index (κ2) is 7.12. The minimum absolute atomic E-state index is 0.142. The first-order valence-electron chi connectivity index (χ1n) is 11.5. The molecule has 0 spiro atoms. The van der Waals surface area contributed by atoms with E-state index in [-0.39, 0.29) is 29.5 Å². The largest absolute Gasteiger partial charge is 0.481 e. The predicted molar refractivity (Wildman–Crippen MR) is 109 cm³/mol. The molecular formula is C24H38O4. The van der Waals surface area contributed by atoms with E-state index in [0.29, 0.717) is 30.1 Å². The fourth-order valence-corrected chi connectivity index (χ4v) is 7.92. The summed E-state index contributed by atoms with van der Waals surface area (Å²) in [4.78, 5) is 11.0. The number of aliphatic hydroxyl groups excluding tert-OH is 2. The molecule has 8 atom stereocenters. The minimum atomic E-state index is -0.719. The molecule has 0 saturated heterocycles. The highest BCUT2D eigenvalue weighted by atomic mass is 16.4. The quantitative estimate of drug-likeness (QED) is 0.616. The number of aliphatic hydroxyl groups is 2. The lowest BCUT2D eigenvalue weighted by atomic mass is 9.48. The Hall–Kier alpha value is -0.870. The Morgan fingerprint density at radius 1 is 1.14 bits per heavy atom. The van der Waals surface area contributed by atoms with Crippen molar-refractivity contribution in [1.82, 2.24) is 0 Å². The van der Waals surface area contributed by atoms with Crippen molar-refractivity contribution in [2.75, 3.05) is 0 Å². The molecule has 4 aliphatic carbocycles. The van der Waals surface area contributed by atoms with Gasteiger partial charge >= 0.3 is 5.97 Å². The van der Waals surface area contributed by atoms with Crippen LogP contribution in [0.1, 0.15) is 85.0 Å². The summed E-state index contributed by atoms with van der Waals surface area (Å²) in [6.45, 7) is 6.88. The van der Waals surface area contributed by atoms with E-state index in [2.05, 4.69) is 20.8 Å². The van der Waals surface area contributed by atoms with Gasteiger partial charge in [0.1, 0.15) is 0 Å². The molecule has 4 heteroatoms. The van der Waals surface area contributed by atoms with Crippen molar-refractivity contribution in [2.24, 2.45) is 34.5 Å². The lowest BCUT2D eigenvalue weighted by Gasteiger charge is -2.58. The van der Waals surface area contributed by atoms with Gasteiger partial charge in [-0.05, 0) is 86.9 Å². The first kappa shape index (κ1) is 20.4. The molecule has 0 unspecified atom stereocenters. The third kappa shape index (κ3) is 2.98. The summed E-state index contributed by atoms with van der Waals surface area (Å²) in [6, 6.07) is 0. The van der Waals surface area contributed by atoms with Crippen molar-refractivity contribution >= 4 is 5.97 Å². The Bertz CT molecular complexity index is 670. The lowest BCUT2D eigenvalue weighted by molar-refractivity contribution is -0.137. The van der Waals surface area contributed by atoms with Crippen molar-refractivity contribution < 1.29 is 20.1 Å². The van der Waals surface area contributed by atoms with Crippen LogP contribution in [0.4, 0.5) is 0 Å². The van der Waals surface area contributed by atoms with Crippen LogP contribution < -0.4 is 0 Å². The summed E-state index contributed by atoms with van der Waals surface area (Å²) in [5, 5.41) is 30.7. The van der Waals surface area contributed by atoms with Crippen LogP contribution in [0.2, 0.25) is 0 Å². The Labute approximate surface area is 169 Å². The van der Waals surface area contributed by atoms with Crippen LogP contribution in [0.25, 0.3) is 0 Å². The predicted octanol–water partition coefficient (Wildman–Crippen LogP) is 4.54. The molecule has 0 aromatic rings. The molecule has 3 N–H and O–H groups in total. The second-order valence-corrected chi connectivity index (χ2v) is 10.8. The van der Waals surface area contributed by atoms with Gasteiger partial charge in [0.2, 0.25) is 0 Å². The van der Waals surface area contributed by atoms with Crippen LogP contribution in [0.5, 0.6) is 0 Å². The van der Waals surface area contributed by atoms with Gasteiger partial charge in [0.15, 0.2) is 0 Å². The molecule has 0 aromatic heterocycles. The van der Waals surface area contributed by atoms with Crippen molar-refractivity contribution in [3.8, 4) is 0 Å². The second-order valence-electron chi connectivity index (χ2n) is 10.8. The Morgan fingerprint density at radius 3 is 2.61 bits per heavy atom. The van der Waals surface area contributed by atoms with Gasteiger partial charge in [0.05, 0.1) is 12.2 Å². The molecule has 158 valence electrons. The SMILES string of the molecule is C[C@@H](CCC(=O)O)[C@H]1CCC2=C3CC[C@@H]4C[C@H](O)CC[C@]4(C)[C@H]3C[C@H](O)[C@@]21C. The number of carbonyl (C=O) groups is 1. The number of hydrogen-bond donors (Lipinski definition) is 3. The van der Waals surface area contributed by atoms with Crippen LogP contribution in [-0.2, 0) is 4.79 Å². The maximum Gasteiger partial charge on any atom is 0.303 e. The molecule has 3 saturated carbocycles. The van der Waals surface area contributed by atoms with Crippen LogP contribution >= 0.6 is 0 Å². The highest BCUT2D eigenvalue weighted by molar-refractivity contribution is 5.66. The van der Waals surface area contributed by atoms with Gasteiger partial charge in [-0.25, -0.2) is 0 Å². The molecule has 0 radical (unpaired) electrons.